The summed E-state index contributed by atoms with van der Waals surface area (Å²) in [7, 11) is 1.40. The first-order chi connectivity index (χ1) is 24.0. The summed E-state index contributed by atoms with van der Waals surface area (Å²) >= 11 is 1.20. The summed E-state index contributed by atoms with van der Waals surface area (Å²) in [5, 5.41) is 27.9. The topological polar surface area (TPSA) is 171 Å². The number of carbonyl (C=O) groups excluding carboxylic acids is 2. The predicted molar refractivity (Wildman–Crippen MR) is 166 cm³/mol. The van der Waals surface area contributed by atoms with Gasteiger partial charge in [0.2, 0.25) is 0 Å². The molecule has 0 unspecified atom stereocenters. The molecule has 0 saturated carbocycles. The van der Waals surface area contributed by atoms with Crippen LogP contribution in [0, 0.1) is 17.5 Å². The lowest BCUT2D eigenvalue weighted by Crippen LogP contribution is -2.58. The molecule has 1 aromatic carbocycles. The third kappa shape index (κ3) is 7.81. The van der Waals surface area contributed by atoms with Gasteiger partial charge in [-0.05, 0) is 25.0 Å². The minimum absolute atomic E-state index is 0.0154. The molecule has 19 heteroatoms. The van der Waals surface area contributed by atoms with E-state index in [0.717, 1.165) is 30.7 Å². The molecule has 15 nitrogen and oxygen atoms in total. The van der Waals surface area contributed by atoms with Gasteiger partial charge in [0, 0.05) is 51.8 Å². The summed E-state index contributed by atoms with van der Waals surface area (Å²) in [6, 6.07) is -0.0120. The second kappa shape index (κ2) is 15.7. The first-order valence-corrected chi connectivity index (χ1v) is 16.9. The van der Waals surface area contributed by atoms with Gasteiger partial charge < -0.3 is 33.5 Å². The van der Waals surface area contributed by atoms with Crippen molar-refractivity contribution < 1.29 is 56.3 Å². The Morgan fingerprint density at radius 3 is 2.38 bits per heavy atom. The molecule has 3 saturated heterocycles. The van der Waals surface area contributed by atoms with Gasteiger partial charge in [-0.1, -0.05) is 10.4 Å². The molecule has 2 aromatic heterocycles. The van der Waals surface area contributed by atoms with Gasteiger partial charge in [-0.15, -0.1) is 22.0 Å². The number of nitrogens with zero attached hydrogens (tertiary/aromatic N) is 6. The van der Waals surface area contributed by atoms with Gasteiger partial charge in [-0.2, -0.15) is 0 Å². The van der Waals surface area contributed by atoms with Crippen LogP contribution in [0.3, 0.4) is 0 Å². The van der Waals surface area contributed by atoms with Crippen LogP contribution in [0.1, 0.15) is 50.4 Å². The maximum Gasteiger partial charge on any atom is 0.303 e. The molecule has 0 spiro atoms. The van der Waals surface area contributed by atoms with Crippen molar-refractivity contribution in [1.82, 2.24) is 30.0 Å². The summed E-state index contributed by atoms with van der Waals surface area (Å²) in [6.45, 7) is 3.69. The molecule has 272 valence electrons. The molecule has 50 heavy (non-hydrogen) atoms. The smallest absolute Gasteiger partial charge is 0.303 e. The Morgan fingerprint density at radius 1 is 0.980 bits per heavy atom. The van der Waals surface area contributed by atoms with Gasteiger partial charge in [0.05, 0.1) is 36.5 Å². The normalized spacial score (nSPS) is 29.1. The zero-order chi connectivity index (χ0) is 35.5. The van der Waals surface area contributed by atoms with E-state index in [-0.39, 0.29) is 37.0 Å². The Bertz CT molecular complexity index is 1640. The molecular formula is C31H37F3N6O9S. The van der Waals surface area contributed by atoms with Crippen LogP contribution in [0.4, 0.5) is 13.2 Å². The number of esters is 2. The summed E-state index contributed by atoms with van der Waals surface area (Å²) in [6.07, 6.45) is 0.671. The van der Waals surface area contributed by atoms with Gasteiger partial charge in [-0.3, -0.25) is 9.59 Å². The van der Waals surface area contributed by atoms with Crippen molar-refractivity contribution in [2.24, 2.45) is 0 Å². The summed E-state index contributed by atoms with van der Waals surface area (Å²) in [5.74, 6) is -5.55. The fraction of sp³-hybridized carbons (Fsp3) is 0.613. The number of aliphatic hydroxyl groups excluding tert-OH is 1. The number of halogens is 3. The van der Waals surface area contributed by atoms with Crippen molar-refractivity contribution in [2.45, 2.75) is 79.8 Å². The predicted octanol–water partition coefficient (Wildman–Crippen LogP) is 2.36. The lowest BCUT2D eigenvalue weighted by Gasteiger charge is -2.46. The van der Waals surface area contributed by atoms with Gasteiger partial charge in [-0.25, -0.2) is 22.5 Å². The van der Waals surface area contributed by atoms with Crippen molar-refractivity contribution in [1.29, 1.82) is 0 Å². The summed E-state index contributed by atoms with van der Waals surface area (Å²) < 4.78 is 79.4. The zero-order valence-corrected chi connectivity index (χ0v) is 28.2. The van der Waals surface area contributed by atoms with Crippen LogP contribution in [0.5, 0.6) is 0 Å². The highest BCUT2D eigenvalue weighted by Gasteiger charge is 2.52. The van der Waals surface area contributed by atoms with Crippen LogP contribution in [-0.4, -0.2) is 122 Å². The second-order valence-corrected chi connectivity index (χ2v) is 13.6. The number of hydrogen-bond acceptors (Lipinski definition) is 14. The van der Waals surface area contributed by atoms with Crippen molar-refractivity contribution in [3.63, 3.8) is 0 Å². The highest BCUT2D eigenvalue weighted by Crippen LogP contribution is 2.42. The molecule has 1 N–H and O–H groups in total. The van der Waals surface area contributed by atoms with E-state index < -0.39 is 76.6 Å². The molecule has 3 fully saturated rings. The Kier molecular flexibility index (Phi) is 11.4. The molecule has 3 aliphatic heterocycles. The Labute approximate surface area is 288 Å². The van der Waals surface area contributed by atoms with E-state index in [0.29, 0.717) is 13.2 Å². The molecule has 3 aromatic rings. The molecule has 5 heterocycles. The summed E-state index contributed by atoms with van der Waals surface area (Å²) in [5.41, 5.74) is -0.197. The number of ether oxygens (including phenoxy) is 6. The first-order valence-electron chi connectivity index (χ1n) is 16.0. The Hall–Kier alpha value is -3.62. The van der Waals surface area contributed by atoms with Gasteiger partial charge in [0.15, 0.2) is 23.6 Å². The van der Waals surface area contributed by atoms with E-state index in [4.69, 9.17) is 28.4 Å². The number of carbonyl (C=O) groups is 2. The van der Waals surface area contributed by atoms with Crippen LogP contribution < -0.4 is 0 Å². The van der Waals surface area contributed by atoms with Crippen LogP contribution in [-0.2, 0) is 38.0 Å². The monoisotopic (exact) mass is 726 g/mol. The second-order valence-electron chi connectivity index (χ2n) is 12.2. The number of hydrogen-bond donors (Lipinski definition) is 1. The van der Waals surface area contributed by atoms with Crippen molar-refractivity contribution in [3.8, 4) is 11.3 Å². The maximum atomic E-state index is 14.1. The average molecular weight is 727 g/mol. The largest absolute Gasteiger partial charge is 0.463 e. The van der Waals surface area contributed by atoms with Crippen LogP contribution >= 0.6 is 11.8 Å². The quantitative estimate of drug-likeness (QED) is 0.239. The van der Waals surface area contributed by atoms with E-state index in [1.54, 1.807) is 4.68 Å². The molecule has 0 radical (unpaired) electrons. The van der Waals surface area contributed by atoms with Gasteiger partial charge in [0.1, 0.15) is 42.0 Å². The fourth-order valence-electron chi connectivity index (χ4n) is 6.39. The SMILES string of the molecule is CO[C@@H]1[C@@H](n2cc(-c3cc(F)c(F)c(F)c3)nn2)[C@@H](OC(C)=O)[C@@H](COC(C)=O)O[C@H]1S[C@@H]1COC[C@H](n2cc(C3CCOCC3)nn2)[C@H]1O. The molecule has 3 aliphatic rings. The van der Waals surface area contributed by atoms with Crippen LogP contribution in [0.15, 0.2) is 24.5 Å². The highest BCUT2D eigenvalue weighted by molar-refractivity contribution is 8.00. The average Bonchev–Trinajstić information content (AvgIpc) is 3.79. The number of methoxy groups -OCH3 is 1. The van der Waals surface area contributed by atoms with E-state index in [9.17, 15) is 27.9 Å². The van der Waals surface area contributed by atoms with Crippen LogP contribution in [0.25, 0.3) is 11.3 Å². The van der Waals surface area contributed by atoms with E-state index >= 15 is 0 Å². The van der Waals surface area contributed by atoms with E-state index in [2.05, 4.69) is 20.6 Å². The zero-order valence-electron chi connectivity index (χ0n) is 27.4. The number of aliphatic hydroxyl groups is 1. The van der Waals surface area contributed by atoms with E-state index in [1.165, 1.54) is 43.6 Å². The number of thioether (sulfide) groups is 1. The Morgan fingerprint density at radius 2 is 1.70 bits per heavy atom. The number of rotatable bonds is 10. The molecular weight excluding hydrogens is 689 g/mol. The number of aromatic nitrogens is 6. The molecule has 0 amide bonds. The van der Waals surface area contributed by atoms with Gasteiger partial charge >= 0.3 is 11.9 Å². The van der Waals surface area contributed by atoms with Gasteiger partial charge in [0.25, 0.3) is 0 Å². The first kappa shape index (κ1) is 36.2. The molecule has 0 aliphatic carbocycles. The molecule has 8 atom stereocenters. The van der Waals surface area contributed by atoms with Crippen molar-refractivity contribution in [2.75, 3.05) is 40.1 Å². The van der Waals surface area contributed by atoms with Crippen molar-refractivity contribution >= 4 is 23.7 Å². The summed E-state index contributed by atoms with van der Waals surface area (Å²) in [4.78, 5) is 24.2. The maximum absolute atomic E-state index is 14.1. The third-order valence-corrected chi connectivity index (χ3v) is 10.3. The van der Waals surface area contributed by atoms with Crippen molar-refractivity contribution in [3.05, 3.63) is 47.7 Å². The van der Waals surface area contributed by atoms with E-state index in [1.807, 2.05) is 6.20 Å². The molecule has 0 bridgehead atoms. The minimum Gasteiger partial charge on any atom is -0.463 e. The standard InChI is InChI=1S/C31H37F3N6O9S/c1-15(41)47-13-24-29(48-16(2)42)27(40-11-22(36-38-40)18-8-19(32)26(34)20(33)9-18)30(44-3)31(49-24)50-25-14-46-12-23(28(25)43)39-10-21(35-37-39)17-4-6-45-7-5-17/h8-11,17,23-25,27-31,43H,4-7,12-14H2,1-3H3/t23-,24+,25+,27-,28+,29-,30+,31-/m0/s1. The lowest BCUT2D eigenvalue weighted by molar-refractivity contribution is -0.208. The Balaban J connectivity index is 1.29. The minimum atomic E-state index is -1.63. The fourth-order valence-corrected chi connectivity index (χ4v) is 7.89. The lowest BCUT2D eigenvalue weighted by atomic mass is 9.96. The number of benzene rings is 1. The van der Waals surface area contributed by atoms with Crippen LogP contribution in [0.2, 0.25) is 0 Å². The highest BCUT2D eigenvalue weighted by atomic mass is 32.2. The molecule has 6 rings (SSSR count). The third-order valence-electron chi connectivity index (χ3n) is 8.90.